The number of aldehydes is 1. The van der Waals surface area contributed by atoms with E-state index in [9.17, 15) is 24.0 Å². The number of amides is 4. The second kappa shape index (κ2) is 22.3. The van der Waals surface area contributed by atoms with E-state index < -0.39 is 47.8 Å². The molecule has 2 aromatic carbocycles. The minimum atomic E-state index is -1.09. The van der Waals surface area contributed by atoms with E-state index in [4.69, 9.17) is 22.5 Å². The van der Waals surface area contributed by atoms with Gasteiger partial charge in [-0.1, -0.05) is 50.1 Å². The number of carbonyl (C=O) groups is 5. The van der Waals surface area contributed by atoms with E-state index in [0.29, 0.717) is 56.1 Å². The number of rotatable bonds is 22. The summed E-state index contributed by atoms with van der Waals surface area (Å²) in [7, 11) is 0. The number of hydrogen-bond acceptors (Lipinski definition) is 8. The third-order valence-electron chi connectivity index (χ3n) is 7.69. The molecule has 4 amide bonds. The lowest BCUT2D eigenvalue weighted by Crippen LogP contribution is -2.57. The Morgan fingerprint density at radius 2 is 1.37 bits per heavy atom. The molecule has 0 aliphatic heterocycles. The molecule has 14 heteroatoms. The fourth-order valence-corrected chi connectivity index (χ4v) is 4.97. The lowest BCUT2D eigenvalue weighted by Gasteiger charge is -2.26. The van der Waals surface area contributed by atoms with Crippen LogP contribution in [0.2, 0.25) is 0 Å². The molecule has 0 aromatic heterocycles. The Balaban J connectivity index is 2.23. The largest absolute Gasteiger partial charge is 0.370 e. The molecule has 0 aliphatic rings. The van der Waals surface area contributed by atoms with Crippen molar-refractivity contribution in [2.45, 2.75) is 88.9 Å². The number of carbonyl (C=O) groups excluding carboxylic acids is 5. The zero-order valence-corrected chi connectivity index (χ0v) is 28.0. The summed E-state index contributed by atoms with van der Waals surface area (Å²) >= 11 is 0. The van der Waals surface area contributed by atoms with Gasteiger partial charge in [0, 0.05) is 12.1 Å². The number of guanidine groups is 1. The number of nitriles is 1. The molecular weight excluding hydrogens is 626 g/mol. The van der Waals surface area contributed by atoms with Gasteiger partial charge in [0.15, 0.2) is 5.96 Å². The smallest absolute Gasteiger partial charge is 0.251 e. The fourth-order valence-electron chi connectivity index (χ4n) is 4.97. The maximum atomic E-state index is 13.7. The van der Waals surface area contributed by atoms with Crippen LogP contribution in [-0.4, -0.2) is 73.1 Å². The third-order valence-corrected chi connectivity index (χ3v) is 7.69. The van der Waals surface area contributed by atoms with Gasteiger partial charge in [-0.2, -0.15) is 5.26 Å². The van der Waals surface area contributed by atoms with Crippen molar-refractivity contribution in [2.75, 3.05) is 13.1 Å². The standard InChI is InChI=1S/C35H49N9O5/c1-2-3-12-28(42-31(46)26-10-5-4-6-11-26)33(48)43-29(13-7-8-19-36)34(49)44-30(14-9-20-40-35(38)39)32(47)41-27(23-45)21-24-15-17-25(22-37)18-16-24/h4-6,10-11,15-18,23,27-30H,2-3,7-9,12-14,19-21,36H2,1H3,(H,41,47)(H,42,46)(H,43,48)(H,44,49)(H4,38,39,40)/t27-,28-,29-,30-/m0/s1. The Bertz CT molecular complexity index is 1420. The van der Waals surface area contributed by atoms with Crippen molar-refractivity contribution in [1.29, 1.82) is 5.26 Å². The molecule has 0 spiro atoms. The van der Waals surface area contributed by atoms with Gasteiger partial charge >= 0.3 is 0 Å². The molecule has 4 atom stereocenters. The van der Waals surface area contributed by atoms with E-state index in [1.807, 2.05) is 13.0 Å². The van der Waals surface area contributed by atoms with Crippen molar-refractivity contribution in [3.05, 3.63) is 71.3 Å². The zero-order chi connectivity index (χ0) is 36.0. The fraction of sp³-hybridized carbons (Fsp3) is 0.457. The quantitative estimate of drug-likeness (QED) is 0.0405. The maximum Gasteiger partial charge on any atom is 0.251 e. The maximum absolute atomic E-state index is 13.7. The van der Waals surface area contributed by atoms with Gasteiger partial charge in [-0.3, -0.25) is 24.2 Å². The number of aliphatic imine (C=N–C) groups is 1. The lowest BCUT2D eigenvalue weighted by molar-refractivity contribution is -0.133. The SMILES string of the molecule is CCCC[C@H](NC(=O)c1ccccc1)C(=O)N[C@@H](CCCCN)C(=O)N[C@@H](CCCN=C(N)N)C(=O)N[C@H](C=O)Cc1ccc(C#N)cc1. The summed E-state index contributed by atoms with van der Waals surface area (Å²) in [6, 6.07) is 13.2. The molecule has 0 unspecified atom stereocenters. The first kappa shape index (κ1) is 39.9. The first-order chi connectivity index (χ1) is 23.6. The molecule has 264 valence electrons. The van der Waals surface area contributed by atoms with Crippen LogP contribution in [0.4, 0.5) is 0 Å². The average Bonchev–Trinajstić information content (AvgIpc) is 3.10. The highest BCUT2D eigenvalue weighted by molar-refractivity contribution is 5.98. The molecule has 0 saturated heterocycles. The van der Waals surface area contributed by atoms with Crippen LogP contribution in [-0.2, 0) is 25.6 Å². The molecule has 2 rings (SSSR count). The topological polar surface area (TPSA) is 248 Å². The van der Waals surface area contributed by atoms with E-state index in [0.717, 1.165) is 12.0 Å². The summed E-state index contributed by atoms with van der Waals surface area (Å²) < 4.78 is 0. The molecule has 0 fully saturated rings. The lowest BCUT2D eigenvalue weighted by atomic mass is 10.0. The molecule has 0 aliphatic carbocycles. The zero-order valence-electron chi connectivity index (χ0n) is 28.0. The van der Waals surface area contributed by atoms with E-state index >= 15 is 0 Å². The Hall–Kier alpha value is -5.29. The van der Waals surface area contributed by atoms with E-state index in [1.54, 1.807) is 54.6 Å². The van der Waals surface area contributed by atoms with Gasteiger partial charge in [0.25, 0.3) is 5.91 Å². The van der Waals surface area contributed by atoms with Crippen LogP contribution in [0.3, 0.4) is 0 Å². The summed E-state index contributed by atoms with van der Waals surface area (Å²) in [5.41, 5.74) is 18.1. The van der Waals surface area contributed by atoms with Crippen LogP contribution in [0.25, 0.3) is 0 Å². The van der Waals surface area contributed by atoms with E-state index in [2.05, 4.69) is 26.3 Å². The van der Waals surface area contributed by atoms with Crippen LogP contribution >= 0.6 is 0 Å². The van der Waals surface area contributed by atoms with Crippen LogP contribution in [0.5, 0.6) is 0 Å². The van der Waals surface area contributed by atoms with Crippen LogP contribution in [0.15, 0.2) is 59.6 Å². The van der Waals surface area contributed by atoms with Crippen LogP contribution in [0, 0.1) is 11.3 Å². The van der Waals surface area contributed by atoms with Gasteiger partial charge in [-0.15, -0.1) is 0 Å². The van der Waals surface area contributed by atoms with Gasteiger partial charge in [-0.25, -0.2) is 0 Å². The Kier molecular flexibility index (Phi) is 18.2. The predicted octanol–water partition coefficient (Wildman–Crippen LogP) is 0.925. The Morgan fingerprint density at radius 3 is 1.92 bits per heavy atom. The minimum Gasteiger partial charge on any atom is -0.370 e. The Labute approximate surface area is 287 Å². The van der Waals surface area contributed by atoms with Gasteiger partial charge in [0.1, 0.15) is 24.4 Å². The van der Waals surface area contributed by atoms with Gasteiger partial charge < -0.3 is 43.3 Å². The first-order valence-electron chi connectivity index (χ1n) is 16.6. The highest BCUT2D eigenvalue weighted by Crippen LogP contribution is 2.10. The van der Waals surface area contributed by atoms with Crippen molar-refractivity contribution < 1.29 is 24.0 Å². The number of benzene rings is 2. The predicted molar refractivity (Wildman–Crippen MR) is 187 cm³/mol. The second-order valence-electron chi connectivity index (χ2n) is 11.7. The van der Waals surface area contributed by atoms with Crippen molar-refractivity contribution >= 4 is 35.9 Å². The summed E-state index contributed by atoms with van der Waals surface area (Å²) in [4.78, 5) is 69.6. The van der Waals surface area contributed by atoms with E-state index in [-0.39, 0.29) is 31.8 Å². The highest BCUT2D eigenvalue weighted by atomic mass is 16.2. The van der Waals surface area contributed by atoms with E-state index in [1.165, 1.54) is 0 Å². The third kappa shape index (κ3) is 15.0. The number of unbranched alkanes of at least 4 members (excludes halogenated alkanes) is 2. The molecule has 49 heavy (non-hydrogen) atoms. The normalized spacial score (nSPS) is 13.0. The molecule has 10 N–H and O–H groups in total. The molecule has 0 bridgehead atoms. The number of nitrogens with zero attached hydrogens (tertiary/aromatic N) is 2. The number of nitrogens with one attached hydrogen (secondary N) is 4. The van der Waals surface area contributed by atoms with Gasteiger partial charge in [0.05, 0.1) is 17.7 Å². The summed E-state index contributed by atoms with van der Waals surface area (Å²) in [5.74, 6) is -2.27. The molecule has 0 radical (unpaired) electrons. The van der Waals surface area contributed by atoms with Crippen molar-refractivity contribution in [3.63, 3.8) is 0 Å². The van der Waals surface area contributed by atoms with Gasteiger partial charge in [0.2, 0.25) is 17.7 Å². The number of hydrogen-bond donors (Lipinski definition) is 7. The first-order valence-corrected chi connectivity index (χ1v) is 16.6. The molecule has 2 aromatic rings. The molecule has 14 nitrogen and oxygen atoms in total. The van der Waals surface area contributed by atoms with Crippen molar-refractivity contribution in [3.8, 4) is 6.07 Å². The van der Waals surface area contributed by atoms with Crippen molar-refractivity contribution in [2.24, 2.45) is 22.2 Å². The van der Waals surface area contributed by atoms with Crippen LogP contribution in [0.1, 0.15) is 79.8 Å². The summed E-state index contributed by atoms with van der Waals surface area (Å²) in [6.45, 7) is 2.55. The minimum absolute atomic E-state index is 0.117. The molecule has 0 heterocycles. The second-order valence-corrected chi connectivity index (χ2v) is 11.7. The monoisotopic (exact) mass is 675 g/mol. The van der Waals surface area contributed by atoms with Crippen LogP contribution < -0.4 is 38.5 Å². The average molecular weight is 676 g/mol. The number of nitrogens with two attached hydrogens (primary N) is 3. The molecule has 0 saturated carbocycles. The summed E-state index contributed by atoms with van der Waals surface area (Å²) in [5, 5.41) is 20.1. The summed E-state index contributed by atoms with van der Waals surface area (Å²) in [6.07, 6.45) is 4.39. The van der Waals surface area contributed by atoms with Crippen molar-refractivity contribution in [1.82, 2.24) is 21.3 Å². The van der Waals surface area contributed by atoms with Gasteiger partial charge in [-0.05, 0) is 81.3 Å². The Morgan fingerprint density at radius 1 is 0.796 bits per heavy atom. The highest BCUT2D eigenvalue weighted by Gasteiger charge is 2.30. The molecular formula is C35H49N9O5.